The van der Waals surface area contributed by atoms with Gasteiger partial charge in [0.05, 0.1) is 0 Å². The minimum Gasteiger partial charge on any atom is -0.103 e. The van der Waals surface area contributed by atoms with Crippen LogP contribution >= 0.6 is 7.92 Å². The van der Waals surface area contributed by atoms with E-state index in [1.54, 1.807) is 64.2 Å². The molecule has 3 rings (SSSR count). The van der Waals surface area contributed by atoms with Crippen LogP contribution in [0.4, 0.5) is 0 Å². The molecule has 2 aliphatic carbocycles. The minimum atomic E-state index is 0.362. The maximum atomic E-state index is 2.68. The first-order valence-electron chi connectivity index (χ1n) is 8.58. The normalized spacial score (nSPS) is 40.2. The van der Waals surface area contributed by atoms with Crippen LogP contribution in [-0.2, 0) is 0 Å². The van der Waals surface area contributed by atoms with E-state index in [2.05, 4.69) is 6.66 Å². The Balaban J connectivity index is 1.58. The lowest BCUT2D eigenvalue weighted by atomic mass is 9.83. The molecule has 0 N–H and O–H groups in total. The fourth-order valence-corrected chi connectivity index (χ4v) is 8.70. The van der Waals surface area contributed by atoms with E-state index in [0.29, 0.717) is 7.92 Å². The summed E-state index contributed by atoms with van der Waals surface area (Å²) in [5.41, 5.74) is 2.35. The molecule has 0 aromatic rings. The van der Waals surface area contributed by atoms with Crippen molar-refractivity contribution in [2.45, 2.75) is 88.4 Å². The van der Waals surface area contributed by atoms with Crippen LogP contribution in [0.5, 0.6) is 0 Å². The quantitative estimate of drug-likeness (QED) is 0.555. The Hall–Kier alpha value is 0.430. The third-order valence-corrected chi connectivity index (χ3v) is 9.64. The Morgan fingerprint density at radius 3 is 1.33 bits per heavy atom. The summed E-state index contributed by atoms with van der Waals surface area (Å²) in [6.45, 7) is 2.68. The van der Waals surface area contributed by atoms with E-state index in [1.165, 1.54) is 24.2 Å². The highest BCUT2D eigenvalue weighted by atomic mass is 31.1. The van der Waals surface area contributed by atoms with Crippen molar-refractivity contribution in [2.75, 3.05) is 6.66 Å². The van der Waals surface area contributed by atoms with E-state index >= 15 is 0 Å². The van der Waals surface area contributed by atoms with Gasteiger partial charge in [-0.15, -0.1) is 7.92 Å². The molecule has 0 aromatic carbocycles. The van der Waals surface area contributed by atoms with Crippen molar-refractivity contribution in [2.24, 2.45) is 11.8 Å². The molecule has 18 heavy (non-hydrogen) atoms. The molecule has 104 valence electrons. The van der Waals surface area contributed by atoms with Crippen LogP contribution in [0, 0.1) is 11.8 Å². The van der Waals surface area contributed by atoms with Crippen LogP contribution in [0.25, 0.3) is 0 Å². The summed E-state index contributed by atoms with van der Waals surface area (Å²) >= 11 is 0. The molecular formula is C17H31P. The van der Waals surface area contributed by atoms with E-state index in [1.807, 2.05) is 0 Å². The predicted molar refractivity (Wildman–Crippen MR) is 82.8 cm³/mol. The highest BCUT2D eigenvalue weighted by Gasteiger charge is 2.40. The van der Waals surface area contributed by atoms with Crippen molar-refractivity contribution in [1.29, 1.82) is 0 Å². The van der Waals surface area contributed by atoms with Crippen LogP contribution in [0.3, 0.4) is 0 Å². The van der Waals surface area contributed by atoms with Gasteiger partial charge in [0.2, 0.25) is 0 Å². The molecule has 3 fully saturated rings. The Morgan fingerprint density at radius 2 is 0.944 bits per heavy atom. The summed E-state index contributed by atoms with van der Waals surface area (Å²) < 4.78 is 0. The lowest BCUT2D eigenvalue weighted by molar-refractivity contribution is 0.332. The summed E-state index contributed by atoms with van der Waals surface area (Å²) in [7, 11) is 0.362. The second kappa shape index (κ2) is 6.25. The van der Waals surface area contributed by atoms with Crippen LogP contribution < -0.4 is 0 Å². The Kier molecular flexibility index (Phi) is 4.66. The lowest BCUT2D eigenvalue weighted by Gasteiger charge is -2.35. The van der Waals surface area contributed by atoms with Crippen molar-refractivity contribution in [1.82, 2.24) is 0 Å². The van der Waals surface area contributed by atoms with Crippen molar-refractivity contribution in [3.05, 3.63) is 0 Å². The van der Waals surface area contributed by atoms with Crippen molar-refractivity contribution in [3.63, 3.8) is 0 Å². The highest BCUT2D eigenvalue weighted by Crippen LogP contribution is 2.61. The molecule has 1 saturated heterocycles. The van der Waals surface area contributed by atoms with Crippen molar-refractivity contribution in [3.8, 4) is 0 Å². The number of hydrogen-bond acceptors (Lipinski definition) is 0. The number of hydrogen-bond donors (Lipinski definition) is 0. The van der Waals surface area contributed by atoms with Crippen LogP contribution in [0.1, 0.15) is 77.0 Å². The van der Waals surface area contributed by atoms with E-state index in [-0.39, 0.29) is 0 Å². The zero-order valence-electron chi connectivity index (χ0n) is 12.2. The van der Waals surface area contributed by atoms with Gasteiger partial charge in [0.15, 0.2) is 0 Å². The van der Waals surface area contributed by atoms with Gasteiger partial charge in [0.1, 0.15) is 0 Å². The van der Waals surface area contributed by atoms with E-state index in [4.69, 9.17) is 0 Å². The van der Waals surface area contributed by atoms with Gasteiger partial charge < -0.3 is 0 Å². The maximum absolute atomic E-state index is 2.68. The molecule has 1 heterocycles. The van der Waals surface area contributed by atoms with Crippen LogP contribution in [-0.4, -0.2) is 18.0 Å². The van der Waals surface area contributed by atoms with Gasteiger partial charge in [0, 0.05) is 0 Å². The molecule has 1 heteroatoms. The first-order valence-corrected chi connectivity index (χ1v) is 10.5. The fourth-order valence-electron chi connectivity index (χ4n) is 5.17. The second-order valence-corrected chi connectivity index (χ2v) is 9.83. The number of rotatable bonds is 2. The lowest BCUT2D eigenvalue weighted by Crippen LogP contribution is -2.22. The fraction of sp³-hybridized carbons (Fsp3) is 1.00. The minimum absolute atomic E-state index is 0.362. The summed E-state index contributed by atoms with van der Waals surface area (Å²) in [4.78, 5) is 0. The summed E-state index contributed by atoms with van der Waals surface area (Å²) in [6, 6.07) is 0. The molecule has 0 amide bonds. The third-order valence-electron chi connectivity index (χ3n) is 6.19. The molecular weight excluding hydrogens is 235 g/mol. The third kappa shape index (κ3) is 2.79. The van der Waals surface area contributed by atoms with E-state index in [0.717, 1.165) is 11.8 Å². The topological polar surface area (TPSA) is 0 Å². The molecule has 0 nitrogen and oxygen atoms in total. The van der Waals surface area contributed by atoms with Gasteiger partial charge in [-0.05, 0) is 68.3 Å². The zero-order chi connectivity index (χ0) is 12.4. The first-order chi connectivity index (χ1) is 8.86. The van der Waals surface area contributed by atoms with Gasteiger partial charge >= 0.3 is 0 Å². The molecule has 2 unspecified atom stereocenters. The molecule has 2 atom stereocenters. The second-order valence-electron chi connectivity index (χ2n) is 7.17. The molecule has 0 bridgehead atoms. The zero-order valence-corrected chi connectivity index (χ0v) is 13.1. The largest absolute Gasteiger partial charge is 0.103 e. The average molecular weight is 266 g/mol. The van der Waals surface area contributed by atoms with E-state index in [9.17, 15) is 0 Å². The van der Waals surface area contributed by atoms with Gasteiger partial charge in [-0.2, -0.15) is 0 Å². The Bertz CT molecular complexity index is 224. The summed E-state index contributed by atoms with van der Waals surface area (Å²) in [6.07, 6.45) is 18.7. The Labute approximate surface area is 115 Å². The first kappa shape index (κ1) is 13.4. The van der Waals surface area contributed by atoms with Crippen LogP contribution in [0.15, 0.2) is 0 Å². The highest BCUT2D eigenvalue weighted by molar-refractivity contribution is 7.58. The Morgan fingerprint density at radius 1 is 0.556 bits per heavy atom. The molecule has 1 aliphatic heterocycles. The van der Waals surface area contributed by atoms with E-state index < -0.39 is 0 Å². The van der Waals surface area contributed by atoms with Crippen LogP contribution in [0.2, 0.25) is 0 Å². The molecule has 0 spiro atoms. The van der Waals surface area contributed by atoms with Gasteiger partial charge in [-0.3, -0.25) is 0 Å². The predicted octanol–water partition coefficient (Wildman–Crippen LogP) is 5.79. The summed E-state index contributed by atoms with van der Waals surface area (Å²) in [5, 5.41) is 0. The maximum Gasteiger partial charge on any atom is -0.0180 e. The van der Waals surface area contributed by atoms with Gasteiger partial charge in [-0.25, -0.2) is 0 Å². The average Bonchev–Trinajstić information content (AvgIpc) is 2.83. The molecule has 0 aromatic heterocycles. The smallest absolute Gasteiger partial charge is 0.0180 e. The summed E-state index contributed by atoms with van der Waals surface area (Å²) in [5.74, 6) is 2.28. The molecule has 2 saturated carbocycles. The monoisotopic (exact) mass is 266 g/mol. The van der Waals surface area contributed by atoms with Crippen molar-refractivity contribution >= 4 is 7.92 Å². The molecule has 3 aliphatic rings. The van der Waals surface area contributed by atoms with Gasteiger partial charge in [0.25, 0.3) is 0 Å². The van der Waals surface area contributed by atoms with Gasteiger partial charge in [-0.1, -0.05) is 38.5 Å². The SMILES string of the molecule is CP1C(C2CCCCC2)CCC1C1CCCCC1. The standard InChI is InChI=1S/C17H31P/c1-18-16(14-8-4-2-5-9-14)12-13-17(18)15-10-6-3-7-11-15/h14-17H,2-13H2,1H3. The molecule has 0 radical (unpaired) electrons. The van der Waals surface area contributed by atoms with Crippen molar-refractivity contribution < 1.29 is 0 Å².